The predicted molar refractivity (Wildman–Crippen MR) is 86.7 cm³/mol. The molecule has 3 atom stereocenters. The van der Waals surface area contributed by atoms with Crippen molar-refractivity contribution >= 4 is 17.2 Å². The number of piperidine rings is 1. The molecule has 0 radical (unpaired) electrons. The van der Waals surface area contributed by atoms with E-state index in [1.54, 1.807) is 11.3 Å². The van der Waals surface area contributed by atoms with Crippen LogP contribution in [0, 0.1) is 5.92 Å². The fourth-order valence-electron chi connectivity index (χ4n) is 3.79. The zero-order valence-electron chi connectivity index (χ0n) is 12.3. The van der Waals surface area contributed by atoms with Gasteiger partial charge in [0.25, 0.3) is 5.91 Å². The van der Waals surface area contributed by atoms with E-state index in [2.05, 4.69) is 21.3 Å². The average molecular weight is 313 g/mol. The van der Waals surface area contributed by atoms with Gasteiger partial charge < -0.3 is 5.32 Å². The molecule has 22 heavy (non-hydrogen) atoms. The predicted octanol–water partition coefficient (Wildman–Crippen LogP) is 2.54. The summed E-state index contributed by atoms with van der Waals surface area (Å²) in [7, 11) is 0. The Labute approximate surface area is 134 Å². The van der Waals surface area contributed by atoms with E-state index in [4.69, 9.17) is 0 Å². The first kappa shape index (κ1) is 13.9. The van der Waals surface area contributed by atoms with Crippen LogP contribution in [0.2, 0.25) is 0 Å². The molecule has 2 aliphatic rings. The first-order valence-corrected chi connectivity index (χ1v) is 8.70. The van der Waals surface area contributed by atoms with Gasteiger partial charge in [-0.2, -0.15) is 11.3 Å². The molecule has 1 saturated heterocycles. The van der Waals surface area contributed by atoms with Gasteiger partial charge in [-0.15, -0.1) is 0 Å². The SMILES string of the molecule is O=C(N[C@@H]1C[C@H]2C[C@H]1CN2Cc1cccnc1)c1ccsc1. The summed E-state index contributed by atoms with van der Waals surface area (Å²) >= 11 is 1.57. The Hall–Kier alpha value is -1.72. The zero-order chi connectivity index (χ0) is 14.9. The molecule has 2 aromatic heterocycles. The molecule has 4 nitrogen and oxygen atoms in total. The third kappa shape index (κ3) is 2.66. The Morgan fingerprint density at radius 1 is 1.41 bits per heavy atom. The van der Waals surface area contributed by atoms with Gasteiger partial charge in [0.15, 0.2) is 0 Å². The minimum atomic E-state index is 0.0811. The summed E-state index contributed by atoms with van der Waals surface area (Å²) in [6.45, 7) is 2.05. The lowest BCUT2D eigenvalue weighted by atomic mass is 10.0. The molecule has 2 aromatic rings. The molecule has 3 heterocycles. The van der Waals surface area contributed by atoms with Crippen LogP contribution in [0.5, 0.6) is 0 Å². The second-order valence-corrected chi connectivity index (χ2v) is 7.05. The topological polar surface area (TPSA) is 45.2 Å². The molecule has 114 valence electrons. The van der Waals surface area contributed by atoms with Gasteiger partial charge in [-0.25, -0.2) is 0 Å². The standard InChI is InChI=1S/C17H19N3OS/c21-17(13-3-5-22-11-13)19-16-7-15-6-14(16)10-20(15)9-12-2-1-4-18-8-12/h1-5,8,11,14-16H,6-7,9-10H2,(H,19,21)/t14-,15+,16+/m0/s1. The average Bonchev–Trinajstić information content (AvgIpc) is 3.24. The molecule has 5 heteroatoms. The van der Waals surface area contributed by atoms with Gasteiger partial charge in [0.1, 0.15) is 0 Å². The second-order valence-electron chi connectivity index (χ2n) is 6.27. The lowest BCUT2D eigenvalue weighted by Gasteiger charge is -2.31. The van der Waals surface area contributed by atoms with E-state index in [-0.39, 0.29) is 5.91 Å². The van der Waals surface area contributed by atoms with E-state index in [9.17, 15) is 4.79 Å². The maximum absolute atomic E-state index is 12.2. The van der Waals surface area contributed by atoms with Crippen LogP contribution in [-0.4, -0.2) is 34.4 Å². The van der Waals surface area contributed by atoms with Crippen molar-refractivity contribution in [2.75, 3.05) is 6.54 Å². The number of aromatic nitrogens is 1. The number of carbonyl (C=O) groups excluding carboxylic acids is 1. The van der Waals surface area contributed by atoms with E-state index in [0.29, 0.717) is 18.0 Å². The Morgan fingerprint density at radius 2 is 2.36 bits per heavy atom. The molecule has 0 spiro atoms. The third-order valence-electron chi connectivity index (χ3n) is 4.86. The number of rotatable bonds is 4. The third-order valence-corrected chi connectivity index (χ3v) is 5.55. The van der Waals surface area contributed by atoms with Crippen molar-refractivity contribution in [2.24, 2.45) is 5.92 Å². The van der Waals surface area contributed by atoms with Crippen LogP contribution in [0.4, 0.5) is 0 Å². The number of carbonyl (C=O) groups is 1. The first-order chi connectivity index (χ1) is 10.8. The minimum Gasteiger partial charge on any atom is -0.349 e. The molecule has 0 unspecified atom stereocenters. The van der Waals surface area contributed by atoms with Gasteiger partial charge in [-0.1, -0.05) is 6.07 Å². The number of fused-ring (bicyclic) bond motifs is 2. The lowest BCUT2D eigenvalue weighted by Crippen LogP contribution is -2.45. The van der Waals surface area contributed by atoms with Crippen molar-refractivity contribution in [2.45, 2.75) is 31.5 Å². The van der Waals surface area contributed by atoms with Crippen molar-refractivity contribution in [3.05, 3.63) is 52.5 Å². The Morgan fingerprint density at radius 3 is 3.05 bits per heavy atom. The smallest absolute Gasteiger partial charge is 0.252 e. The van der Waals surface area contributed by atoms with Crippen molar-refractivity contribution in [1.29, 1.82) is 0 Å². The molecule has 2 bridgehead atoms. The van der Waals surface area contributed by atoms with Gasteiger partial charge in [-0.05, 0) is 41.8 Å². The van der Waals surface area contributed by atoms with E-state index in [1.807, 2.05) is 35.3 Å². The second kappa shape index (κ2) is 5.82. The van der Waals surface area contributed by atoms with Crippen molar-refractivity contribution in [1.82, 2.24) is 15.2 Å². The van der Waals surface area contributed by atoms with Crippen LogP contribution in [-0.2, 0) is 6.54 Å². The number of thiophene rings is 1. The fourth-order valence-corrected chi connectivity index (χ4v) is 4.42. The highest BCUT2D eigenvalue weighted by Gasteiger charge is 2.44. The number of likely N-dealkylation sites (tertiary alicyclic amines) is 1. The van der Waals surface area contributed by atoms with Crippen molar-refractivity contribution < 1.29 is 4.79 Å². The summed E-state index contributed by atoms with van der Waals surface area (Å²) < 4.78 is 0. The van der Waals surface area contributed by atoms with Crippen LogP contribution >= 0.6 is 11.3 Å². The van der Waals surface area contributed by atoms with Crippen LogP contribution in [0.15, 0.2) is 41.4 Å². The summed E-state index contributed by atoms with van der Waals surface area (Å²) in [6, 6.07) is 6.95. The minimum absolute atomic E-state index is 0.0811. The zero-order valence-corrected chi connectivity index (χ0v) is 13.1. The maximum Gasteiger partial charge on any atom is 0.252 e. The largest absolute Gasteiger partial charge is 0.349 e. The van der Waals surface area contributed by atoms with Crippen LogP contribution in [0.3, 0.4) is 0 Å². The van der Waals surface area contributed by atoms with Crippen LogP contribution < -0.4 is 5.32 Å². The number of amides is 1. The molecule has 1 saturated carbocycles. The molecule has 1 amide bonds. The highest BCUT2D eigenvalue weighted by atomic mass is 32.1. The normalized spacial score (nSPS) is 27.2. The summed E-state index contributed by atoms with van der Waals surface area (Å²) in [5.74, 6) is 0.668. The summed E-state index contributed by atoms with van der Waals surface area (Å²) in [4.78, 5) is 18.9. The molecule has 1 aliphatic carbocycles. The van der Waals surface area contributed by atoms with Gasteiger partial charge in [0.2, 0.25) is 0 Å². The fraction of sp³-hybridized carbons (Fsp3) is 0.412. The summed E-state index contributed by atoms with van der Waals surface area (Å²) in [6.07, 6.45) is 6.03. The molecule has 1 aliphatic heterocycles. The quantitative estimate of drug-likeness (QED) is 0.943. The molecular weight excluding hydrogens is 294 g/mol. The highest BCUT2D eigenvalue weighted by molar-refractivity contribution is 7.08. The molecule has 4 rings (SSSR count). The van der Waals surface area contributed by atoms with Gasteiger partial charge >= 0.3 is 0 Å². The Kier molecular flexibility index (Phi) is 3.68. The summed E-state index contributed by atoms with van der Waals surface area (Å²) in [5.41, 5.74) is 2.06. The van der Waals surface area contributed by atoms with Gasteiger partial charge in [0, 0.05) is 48.5 Å². The van der Waals surface area contributed by atoms with Crippen molar-refractivity contribution in [3.63, 3.8) is 0 Å². The monoisotopic (exact) mass is 313 g/mol. The van der Waals surface area contributed by atoms with E-state index in [1.165, 1.54) is 12.0 Å². The van der Waals surface area contributed by atoms with Crippen LogP contribution in [0.1, 0.15) is 28.8 Å². The van der Waals surface area contributed by atoms with Crippen molar-refractivity contribution in [3.8, 4) is 0 Å². The van der Waals surface area contributed by atoms with Gasteiger partial charge in [-0.3, -0.25) is 14.7 Å². The highest BCUT2D eigenvalue weighted by Crippen LogP contribution is 2.38. The van der Waals surface area contributed by atoms with E-state index in [0.717, 1.165) is 25.1 Å². The Bertz CT molecular complexity index is 643. The number of hydrogen-bond donors (Lipinski definition) is 1. The molecular formula is C17H19N3OS. The number of hydrogen-bond acceptors (Lipinski definition) is 4. The number of pyridine rings is 1. The lowest BCUT2D eigenvalue weighted by molar-refractivity contribution is 0.0904. The summed E-state index contributed by atoms with van der Waals surface area (Å²) in [5, 5.41) is 7.09. The molecule has 0 aromatic carbocycles. The Balaban J connectivity index is 1.35. The maximum atomic E-state index is 12.2. The first-order valence-electron chi connectivity index (χ1n) is 7.75. The molecule has 1 N–H and O–H groups in total. The van der Waals surface area contributed by atoms with Crippen LogP contribution in [0.25, 0.3) is 0 Å². The van der Waals surface area contributed by atoms with E-state index >= 15 is 0 Å². The number of nitrogens with one attached hydrogen (secondary N) is 1. The number of nitrogens with zero attached hydrogens (tertiary/aromatic N) is 2. The molecule has 2 fully saturated rings. The van der Waals surface area contributed by atoms with E-state index < -0.39 is 0 Å². The van der Waals surface area contributed by atoms with Gasteiger partial charge in [0.05, 0.1) is 0 Å².